The van der Waals surface area contributed by atoms with E-state index in [0.717, 1.165) is 45.2 Å². The van der Waals surface area contributed by atoms with Gasteiger partial charge in [0.05, 0.1) is 6.61 Å². The Balaban J connectivity index is 0.00000264. The van der Waals surface area contributed by atoms with Crippen molar-refractivity contribution >= 4 is 41.3 Å². The molecular weight excluding hydrogens is 421 g/mol. The molecular formula is C17H30IN3OS. The van der Waals surface area contributed by atoms with Gasteiger partial charge in [0.1, 0.15) is 0 Å². The van der Waals surface area contributed by atoms with Gasteiger partial charge in [0.25, 0.3) is 0 Å². The zero-order chi connectivity index (χ0) is 15.8. The number of guanidine groups is 1. The third-order valence-corrected chi connectivity index (χ3v) is 4.83. The number of hydrogen-bond acceptors (Lipinski definition) is 3. The minimum Gasteiger partial charge on any atom is -0.381 e. The molecule has 0 radical (unpaired) electrons. The van der Waals surface area contributed by atoms with Crippen LogP contribution in [0.1, 0.15) is 25.1 Å². The fraction of sp³-hybridized carbons (Fsp3) is 0.706. The molecule has 1 fully saturated rings. The minimum absolute atomic E-state index is 0. The molecule has 2 heterocycles. The Bertz CT molecular complexity index is 447. The van der Waals surface area contributed by atoms with Gasteiger partial charge in [-0.25, -0.2) is 0 Å². The van der Waals surface area contributed by atoms with Gasteiger partial charge in [0.15, 0.2) is 5.96 Å². The predicted molar refractivity (Wildman–Crippen MR) is 110 cm³/mol. The summed E-state index contributed by atoms with van der Waals surface area (Å²) in [6, 6.07) is 4.33. The predicted octanol–water partition coefficient (Wildman–Crippen LogP) is 3.48. The third kappa shape index (κ3) is 7.39. The third-order valence-electron chi connectivity index (χ3n) is 3.93. The van der Waals surface area contributed by atoms with Crippen LogP contribution in [-0.2, 0) is 11.2 Å². The number of ether oxygens (including phenoxy) is 1. The van der Waals surface area contributed by atoms with E-state index in [0.29, 0.717) is 11.8 Å². The molecule has 0 bridgehead atoms. The summed E-state index contributed by atoms with van der Waals surface area (Å²) in [6.45, 7) is 8.98. The smallest absolute Gasteiger partial charge is 0.193 e. The normalized spacial score (nSPS) is 19.3. The van der Waals surface area contributed by atoms with E-state index >= 15 is 0 Å². The summed E-state index contributed by atoms with van der Waals surface area (Å²) in [4.78, 5) is 8.53. The van der Waals surface area contributed by atoms with Gasteiger partial charge in [-0.3, -0.25) is 4.99 Å². The Hall–Kier alpha value is -0.340. The quantitative estimate of drug-likeness (QED) is 0.392. The number of aliphatic imine (C=N–C) groups is 1. The highest BCUT2D eigenvalue weighted by molar-refractivity contribution is 14.0. The second kappa shape index (κ2) is 11.3. The molecule has 1 aliphatic rings. The van der Waals surface area contributed by atoms with Crippen LogP contribution in [0.2, 0.25) is 0 Å². The first kappa shape index (κ1) is 20.7. The zero-order valence-electron chi connectivity index (χ0n) is 14.5. The van der Waals surface area contributed by atoms with E-state index in [2.05, 4.69) is 48.6 Å². The van der Waals surface area contributed by atoms with Crippen LogP contribution >= 0.6 is 35.3 Å². The van der Waals surface area contributed by atoms with Crippen LogP contribution < -0.4 is 5.32 Å². The Morgan fingerprint density at radius 3 is 3.00 bits per heavy atom. The van der Waals surface area contributed by atoms with Crippen LogP contribution in [0.4, 0.5) is 0 Å². The number of hydrogen-bond donors (Lipinski definition) is 1. The maximum Gasteiger partial charge on any atom is 0.193 e. The van der Waals surface area contributed by atoms with E-state index in [9.17, 15) is 0 Å². The van der Waals surface area contributed by atoms with E-state index in [-0.39, 0.29) is 24.0 Å². The number of thiophene rings is 1. The van der Waals surface area contributed by atoms with Crippen molar-refractivity contribution in [2.45, 2.75) is 26.7 Å². The second-order valence-electron chi connectivity index (χ2n) is 6.19. The standard InChI is InChI=1S/C17H29N3OS.HI/c1-4-18-17(20(3)12-15-7-8-21-13-15)19-11-14(2)10-16-6-5-9-22-16;/h5-6,9,14-15H,4,7-8,10-13H2,1-3H3,(H,18,19);1H. The largest absolute Gasteiger partial charge is 0.381 e. The van der Waals surface area contributed by atoms with Gasteiger partial charge in [-0.15, -0.1) is 35.3 Å². The van der Waals surface area contributed by atoms with Crippen LogP contribution in [0.15, 0.2) is 22.5 Å². The molecule has 6 heteroatoms. The highest BCUT2D eigenvalue weighted by Gasteiger charge is 2.19. The zero-order valence-corrected chi connectivity index (χ0v) is 17.6. The van der Waals surface area contributed by atoms with Crippen LogP contribution in [0.3, 0.4) is 0 Å². The first-order chi connectivity index (χ1) is 10.7. The molecule has 23 heavy (non-hydrogen) atoms. The molecule has 0 aliphatic carbocycles. The van der Waals surface area contributed by atoms with Crippen molar-refractivity contribution in [1.29, 1.82) is 0 Å². The molecule has 2 rings (SSSR count). The number of rotatable bonds is 7. The Kier molecular flexibility index (Phi) is 10.1. The summed E-state index contributed by atoms with van der Waals surface area (Å²) in [5, 5.41) is 5.55. The van der Waals surface area contributed by atoms with E-state index in [1.165, 1.54) is 11.3 Å². The first-order valence-corrected chi connectivity index (χ1v) is 9.16. The maximum atomic E-state index is 5.47. The average molecular weight is 451 g/mol. The van der Waals surface area contributed by atoms with E-state index in [1.54, 1.807) is 0 Å². The molecule has 0 spiro atoms. The molecule has 4 nitrogen and oxygen atoms in total. The topological polar surface area (TPSA) is 36.9 Å². The average Bonchev–Trinajstić information content (AvgIpc) is 3.17. The van der Waals surface area contributed by atoms with Crippen molar-refractivity contribution in [3.8, 4) is 0 Å². The van der Waals surface area contributed by atoms with Gasteiger partial charge in [-0.2, -0.15) is 0 Å². The second-order valence-corrected chi connectivity index (χ2v) is 7.23. The molecule has 0 amide bonds. The summed E-state index contributed by atoms with van der Waals surface area (Å²) in [7, 11) is 2.13. The van der Waals surface area contributed by atoms with Crippen LogP contribution in [0, 0.1) is 11.8 Å². The van der Waals surface area contributed by atoms with Gasteiger partial charge < -0.3 is 15.0 Å². The summed E-state index contributed by atoms with van der Waals surface area (Å²) >= 11 is 1.83. The maximum absolute atomic E-state index is 5.47. The van der Waals surface area contributed by atoms with E-state index in [4.69, 9.17) is 9.73 Å². The Labute approximate surface area is 161 Å². The van der Waals surface area contributed by atoms with Gasteiger partial charge in [0, 0.05) is 44.1 Å². The molecule has 1 N–H and O–H groups in total. The van der Waals surface area contributed by atoms with Crippen LogP contribution in [0.5, 0.6) is 0 Å². The van der Waals surface area contributed by atoms with E-state index < -0.39 is 0 Å². The summed E-state index contributed by atoms with van der Waals surface area (Å²) < 4.78 is 5.47. The summed E-state index contributed by atoms with van der Waals surface area (Å²) in [6.07, 6.45) is 2.28. The molecule has 0 aromatic carbocycles. The van der Waals surface area contributed by atoms with Crippen molar-refractivity contribution in [1.82, 2.24) is 10.2 Å². The molecule has 132 valence electrons. The lowest BCUT2D eigenvalue weighted by Gasteiger charge is -2.25. The number of halogens is 1. The molecule has 1 aliphatic heterocycles. The highest BCUT2D eigenvalue weighted by atomic mass is 127. The fourth-order valence-electron chi connectivity index (χ4n) is 2.75. The number of nitrogens with zero attached hydrogens (tertiary/aromatic N) is 2. The van der Waals surface area contributed by atoms with Crippen LogP contribution in [-0.4, -0.2) is 50.8 Å². The molecule has 2 atom stereocenters. The molecule has 0 saturated carbocycles. The SMILES string of the molecule is CCNC(=NCC(C)Cc1cccs1)N(C)CC1CCOC1.I. The van der Waals surface area contributed by atoms with Gasteiger partial charge in [0.2, 0.25) is 0 Å². The first-order valence-electron chi connectivity index (χ1n) is 8.28. The van der Waals surface area contributed by atoms with Crippen molar-refractivity contribution in [3.05, 3.63) is 22.4 Å². The molecule has 1 aromatic heterocycles. The lowest BCUT2D eigenvalue weighted by molar-refractivity contribution is 0.181. The minimum atomic E-state index is 0. The molecule has 2 unspecified atom stereocenters. The van der Waals surface area contributed by atoms with Crippen molar-refractivity contribution < 1.29 is 4.74 Å². The summed E-state index contributed by atoms with van der Waals surface area (Å²) in [5.74, 6) is 2.22. The van der Waals surface area contributed by atoms with Crippen molar-refractivity contribution in [3.63, 3.8) is 0 Å². The Morgan fingerprint density at radius 2 is 2.39 bits per heavy atom. The number of nitrogens with one attached hydrogen (secondary N) is 1. The van der Waals surface area contributed by atoms with Crippen LogP contribution in [0.25, 0.3) is 0 Å². The fourth-order valence-corrected chi connectivity index (χ4v) is 3.62. The van der Waals surface area contributed by atoms with Crippen molar-refractivity contribution in [2.75, 3.05) is 39.9 Å². The van der Waals surface area contributed by atoms with Gasteiger partial charge >= 0.3 is 0 Å². The lowest BCUT2D eigenvalue weighted by atomic mass is 10.1. The van der Waals surface area contributed by atoms with Crippen molar-refractivity contribution in [2.24, 2.45) is 16.8 Å². The Morgan fingerprint density at radius 1 is 1.57 bits per heavy atom. The lowest BCUT2D eigenvalue weighted by Crippen LogP contribution is -2.41. The molecule has 1 aromatic rings. The van der Waals surface area contributed by atoms with Gasteiger partial charge in [-0.1, -0.05) is 13.0 Å². The highest BCUT2D eigenvalue weighted by Crippen LogP contribution is 2.15. The van der Waals surface area contributed by atoms with E-state index in [1.807, 2.05) is 11.3 Å². The molecule has 1 saturated heterocycles. The summed E-state index contributed by atoms with van der Waals surface area (Å²) in [5.41, 5.74) is 0. The van der Waals surface area contributed by atoms with Gasteiger partial charge in [-0.05, 0) is 37.1 Å². The monoisotopic (exact) mass is 451 g/mol.